The number of aromatic nitrogens is 3. The van der Waals surface area contributed by atoms with Crippen LogP contribution in [0, 0.1) is 0 Å². The highest BCUT2D eigenvalue weighted by atomic mass is 32.2. The predicted molar refractivity (Wildman–Crippen MR) is 105 cm³/mol. The molecule has 0 saturated carbocycles. The zero-order valence-electron chi connectivity index (χ0n) is 14.7. The summed E-state index contributed by atoms with van der Waals surface area (Å²) in [7, 11) is 0. The smallest absolute Gasteiger partial charge is 0.278 e. The number of hydrogen-bond donors (Lipinski definition) is 2. The molecule has 4 rings (SSSR count). The zero-order valence-corrected chi connectivity index (χ0v) is 15.5. The number of nitrogens with one attached hydrogen (secondary N) is 2. The second-order valence-electron chi connectivity index (χ2n) is 5.87. The molecule has 8 nitrogen and oxygen atoms in total. The van der Waals surface area contributed by atoms with Gasteiger partial charge in [-0.2, -0.15) is 0 Å². The van der Waals surface area contributed by atoms with E-state index in [4.69, 9.17) is 9.47 Å². The topological polar surface area (TPSA) is 106 Å². The Morgan fingerprint density at radius 2 is 1.86 bits per heavy atom. The molecule has 1 aliphatic heterocycles. The van der Waals surface area contributed by atoms with E-state index >= 15 is 0 Å². The van der Waals surface area contributed by atoms with Crippen molar-refractivity contribution in [2.75, 3.05) is 24.3 Å². The molecule has 2 aromatic carbocycles. The van der Waals surface area contributed by atoms with Crippen molar-refractivity contribution in [2.24, 2.45) is 0 Å². The van der Waals surface area contributed by atoms with Crippen molar-refractivity contribution in [2.45, 2.75) is 5.16 Å². The highest BCUT2D eigenvalue weighted by Crippen LogP contribution is 2.32. The summed E-state index contributed by atoms with van der Waals surface area (Å²) in [6.07, 6.45) is 0. The highest BCUT2D eigenvalue weighted by Gasteiger charge is 2.13. The molecule has 0 atom stereocenters. The fraction of sp³-hybridized carbons (Fsp3) is 0.158. The third-order valence-corrected chi connectivity index (χ3v) is 4.75. The number of hydrogen-bond acceptors (Lipinski definition) is 7. The molecule has 3 aromatic rings. The van der Waals surface area contributed by atoms with Gasteiger partial charge < -0.3 is 14.8 Å². The minimum atomic E-state index is -0.351. The largest absolute Gasteiger partial charge is 0.486 e. The monoisotopic (exact) mass is 396 g/mol. The number of nitrogens with zero attached hydrogens (tertiary/aromatic N) is 2. The Kier molecular flexibility index (Phi) is 5.24. The minimum Gasteiger partial charge on any atom is -0.486 e. The van der Waals surface area contributed by atoms with Crippen molar-refractivity contribution in [1.29, 1.82) is 0 Å². The Morgan fingerprint density at radius 3 is 2.64 bits per heavy atom. The first-order valence-corrected chi connectivity index (χ1v) is 9.52. The van der Waals surface area contributed by atoms with Gasteiger partial charge in [-0.1, -0.05) is 42.1 Å². The molecule has 1 aromatic heterocycles. The molecule has 0 fully saturated rings. The summed E-state index contributed by atoms with van der Waals surface area (Å²) < 4.78 is 10.9. The van der Waals surface area contributed by atoms with Gasteiger partial charge in [-0.05, 0) is 12.1 Å². The lowest BCUT2D eigenvalue weighted by Gasteiger charge is -2.18. The Balaban J connectivity index is 1.37. The molecule has 1 amide bonds. The number of carbonyl (C=O) groups is 1. The standard InChI is InChI=1S/C19H16N4O4S/c24-16(20-13-6-7-14-15(10-13)27-9-8-26-14)11-28-19-21-18(25)17(22-23-19)12-4-2-1-3-5-12/h1-7,10H,8-9,11H2,(H,20,24)(H,21,23,25). The third kappa shape index (κ3) is 4.15. The number of aromatic amines is 1. The van der Waals surface area contributed by atoms with Crippen molar-refractivity contribution in [3.8, 4) is 22.8 Å². The van der Waals surface area contributed by atoms with E-state index < -0.39 is 0 Å². The number of thioether (sulfide) groups is 1. The fourth-order valence-corrected chi connectivity index (χ4v) is 3.23. The molecule has 0 aliphatic carbocycles. The van der Waals surface area contributed by atoms with Crippen molar-refractivity contribution >= 4 is 23.4 Å². The van der Waals surface area contributed by atoms with E-state index in [1.54, 1.807) is 30.3 Å². The predicted octanol–water partition coefficient (Wildman–Crippen LogP) is 2.33. The molecule has 28 heavy (non-hydrogen) atoms. The van der Waals surface area contributed by atoms with Gasteiger partial charge in [0.1, 0.15) is 13.2 Å². The quantitative estimate of drug-likeness (QED) is 0.638. The van der Waals surface area contributed by atoms with Crippen LogP contribution in [0.15, 0.2) is 58.5 Å². The maximum absolute atomic E-state index is 12.2. The van der Waals surface area contributed by atoms with E-state index in [1.807, 2.05) is 18.2 Å². The molecule has 142 valence electrons. The number of amides is 1. The van der Waals surface area contributed by atoms with Gasteiger partial charge >= 0.3 is 0 Å². The highest BCUT2D eigenvalue weighted by molar-refractivity contribution is 7.99. The molecule has 0 spiro atoms. The van der Waals surface area contributed by atoms with Gasteiger partial charge in [0, 0.05) is 17.3 Å². The fourth-order valence-electron chi connectivity index (χ4n) is 2.62. The molecule has 0 saturated heterocycles. The summed E-state index contributed by atoms with van der Waals surface area (Å²) in [4.78, 5) is 27.0. The van der Waals surface area contributed by atoms with Crippen LogP contribution < -0.4 is 20.3 Å². The van der Waals surface area contributed by atoms with E-state index in [0.29, 0.717) is 36.0 Å². The van der Waals surface area contributed by atoms with Gasteiger partial charge in [0.2, 0.25) is 5.91 Å². The SMILES string of the molecule is O=C(CSc1nnc(-c2ccccc2)c(=O)[nH]1)Nc1ccc2c(c1)OCCO2. The number of rotatable bonds is 5. The van der Waals surface area contributed by atoms with Crippen LogP contribution in [0.5, 0.6) is 11.5 Å². The molecule has 2 N–H and O–H groups in total. The number of ether oxygens (including phenoxy) is 2. The van der Waals surface area contributed by atoms with E-state index in [2.05, 4.69) is 20.5 Å². The Hall–Kier alpha value is -3.33. The van der Waals surface area contributed by atoms with Gasteiger partial charge in [-0.25, -0.2) is 0 Å². The van der Waals surface area contributed by atoms with E-state index in [-0.39, 0.29) is 28.1 Å². The third-order valence-electron chi connectivity index (χ3n) is 3.89. The molecule has 9 heteroatoms. The maximum atomic E-state index is 12.2. The lowest BCUT2D eigenvalue weighted by Crippen LogP contribution is -2.18. The van der Waals surface area contributed by atoms with Crippen LogP contribution in [0.3, 0.4) is 0 Å². The van der Waals surface area contributed by atoms with E-state index in [0.717, 1.165) is 11.8 Å². The summed E-state index contributed by atoms with van der Waals surface area (Å²) in [5, 5.41) is 11.0. The molecule has 0 bridgehead atoms. The number of benzene rings is 2. The van der Waals surface area contributed by atoms with Crippen LogP contribution in [-0.4, -0.2) is 40.1 Å². The number of H-pyrrole nitrogens is 1. The van der Waals surface area contributed by atoms with Crippen LogP contribution in [0.4, 0.5) is 5.69 Å². The van der Waals surface area contributed by atoms with Crippen LogP contribution in [0.2, 0.25) is 0 Å². The molecule has 1 aliphatic rings. The second-order valence-corrected chi connectivity index (χ2v) is 6.83. The minimum absolute atomic E-state index is 0.0732. The number of carbonyl (C=O) groups excluding carboxylic acids is 1. The van der Waals surface area contributed by atoms with Crippen LogP contribution in [0.25, 0.3) is 11.3 Å². The summed E-state index contributed by atoms with van der Waals surface area (Å²) in [6, 6.07) is 14.3. The number of anilines is 1. The van der Waals surface area contributed by atoms with Crippen LogP contribution >= 0.6 is 11.8 Å². The zero-order chi connectivity index (χ0) is 19.3. The molecular weight excluding hydrogens is 380 g/mol. The first-order valence-electron chi connectivity index (χ1n) is 8.54. The lowest BCUT2D eigenvalue weighted by molar-refractivity contribution is -0.113. The average molecular weight is 396 g/mol. The van der Waals surface area contributed by atoms with Gasteiger partial charge in [0.25, 0.3) is 5.56 Å². The van der Waals surface area contributed by atoms with Crippen molar-refractivity contribution in [1.82, 2.24) is 15.2 Å². The van der Waals surface area contributed by atoms with E-state index in [1.165, 1.54) is 0 Å². The molecule has 2 heterocycles. The summed E-state index contributed by atoms with van der Waals surface area (Å²) in [5.74, 6) is 1.09. The Bertz CT molecular complexity index is 1060. The van der Waals surface area contributed by atoms with Gasteiger partial charge in [0.05, 0.1) is 5.75 Å². The van der Waals surface area contributed by atoms with Gasteiger partial charge in [0.15, 0.2) is 22.3 Å². The first kappa shape index (κ1) is 18.1. The first-order chi connectivity index (χ1) is 13.7. The summed E-state index contributed by atoms with van der Waals surface area (Å²) in [6.45, 7) is 0.989. The van der Waals surface area contributed by atoms with Gasteiger partial charge in [-0.15, -0.1) is 10.2 Å². The van der Waals surface area contributed by atoms with Crippen molar-refractivity contribution in [3.05, 3.63) is 58.9 Å². The van der Waals surface area contributed by atoms with E-state index in [9.17, 15) is 9.59 Å². The normalized spacial score (nSPS) is 12.4. The summed E-state index contributed by atoms with van der Waals surface area (Å²) in [5.41, 5.74) is 1.18. The molecule has 0 radical (unpaired) electrons. The van der Waals surface area contributed by atoms with Gasteiger partial charge in [-0.3, -0.25) is 14.6 Å². The van der Waals surface area contributed by atoms with Crippen molar-refractivity contribution in [3.63, 3.8) is 0 Å². The van der Waals surface area contributed by atoms with Crippen molar-refractivity contribution < 1.29 is 14.3 Å². The maximum Gasteiger partial charge on any atom is 0.278 e. The molecular formula is C19H16N4O4S. The second kappa shape index (κ2) is 8.13. The average Bonchev–Trinajstić information content (AvgIpc) is 2.73. The lowest BCUT2D eigenvalue weighted by atomic mass is 10.2. The van der Waals surface area contributed by atoms with Crippen LogP contribution in [-0.2, 0) is 4.79 Å². The van der Waals surface area contributed by atoms with Crippen LogP contribution in [0.1, 0.15) is 0 Å². The number of fused-ring (bicyclic) bond motifs is 1. The molecule has 0 unspecified atom stereocenters. The Morgan fingerprint density at radius 1 is 1.07 bits per heavy atom. The Labute approximate surface area is 164 Å². The summed E-state index contributed by atoms with van der Waals surface area (Å²) >= 11 is 1.10.